The molecule has 0 unspecified atom stereocenters. The van der Waals surface area contributed by atoms with Crippen molar-refractivity contribution in [2.75, 3.05) is 23.7 Å². The van der Waals surface area contributed by atoms with Gasteiger partial charge in [0.2, 0.25) is 0 Å². The van der Waals surface area contributed by atoms with Gasteiger partial charge >= 0.3 is 0 Å². The standard InChI is InChI=1S/C12H18N2OS2/c1-9(15)10-8-16-11(13-10)14-5-4-12(2,3)17-7-6-14/h8H,4-7H2,1-3H3. The van der Waals surface area contributed by atoms with Gasteiger partial charge in [-0.1, -0.05) is 13.8 Å². The summed E-state index contributed by atoms with van der Waals surface area (Å²) in [5.41, 5.74) is 0.598. The van der Waals surface area contributed by atoms with Crippen molar-refractivity contribution in [2.45, 2.75) is 31.9 Å². The van der Waals surface area contributed by atoms with Crippen LogP contribution in [0.5, 0.6) is 0 Å². The third-order valence-corrected chi connectivity index (χ3v) is 5.23. The summed E-state index contributed by atoms with van der Waals surface area (Å²) in [5, 5.41) is 2.86. The van der Waals surface area contributed by atoms with E-state index in [1.54, 1.807) is 18.3 Å². The van der Waals surface area contributed by atoms with Crippen LogP contribution in [0.15, 0.2) is 5.38 Å². The van der Waals surface area contributed by atoms with Crippen LogP contribution in [0.1, 0.15) is 37.7 Å². The predicted molar refractivity (Wildman–Crippen MR) is 75.5 cm³/mol. The first-order chi connectivity index (χ1) is 7.98. The largest absolute Gasteiger partial charge is 0.347 e. The molecule has 94 valence electrons. The zero-order chi connectivity index (χ0) is 12.5. The van der Waals surface area contributed by atoms with E-state index in [4.69, 9.17) is 0 Å². The molecule has 3 nitrogen and oxygen atoms in total. The summed E-state index contributed by atoms with van der Waals surface area (Å²) in [7, 11) is 0. The Kier molecular flexibility index (Phi) is 3.78. The normalized spacial score (nSPS) is 20.1. The first-order valence-electron chi connectivity index (χ1n) is 5.83. The Bertz CT molecular complexity index is 414. The first kappa shape index (κ1) is 12.9. The zero-order valence-corrected chi connectivity index (χ0v) is 12.2. The molecule has 0 saturated carbocycles. The summed E-state index contributed by atoms with van der Waals surface area (Å²) in [6.45, 7) is 8.22. The lowest BCUT2D eigenvalue weighted by atomic mass is 10.1. The number of ketones is 1. The minimum absolute atomic E-state index is 0.0528. The number of aromatic nitrogens is 1. The third-order valence-electron chi connectivity index (χ3n) is 2.96. The molecule has 0 spiro atoms. The van der Waals surface area contributed by atoms with Crippen LogP contribution in [-0.4, -0.2) is 34.4 Å². The molecule has 5 heteroatoms. The molecule has 0 atom stereocenters. The molecule has 1 aliphatic rings. The average molecular weight is 270 g/mol. The summed E-state index contributed by atoms with van der Waals surface area (Å²) in [5.74, 6) is 1.18. The van der Waals surface area contributed by atoms with Crippen molar-refractivity contribution in [1.82, 2.24) is 4.98 Å². The fourth-order valence-electron chi connectivity index (χ4n) is 1.78. The van der Waals surface area contributed by atoms with Crippen molar-refractivity contribution in [3.05, 3.63) is 11.1 Å². The number of hydrogen-bond donors (Lipinski definition) is 0. The SMILES string of the molecule is CC(=O)c1csc(N2CCSC(C)(C)CC2)n1. The van der Waals surface area contributed by atoms with Gasteiger partial charge in [0.05, 0.1) is 0 Å². The van der Waals surface area contributed by atoms with Gasteiger partial charge in [-0.15, -0.1) is 11.3 Å². The van der Waals surface area contributed by atoms with E-state index < -0.39 is 0 Å². The molecular formula is C12H18N2OS2. The highest BCUT2D eigenvalue weighted by molar-refractivity contribution is 8.00. The Morgan fingerprint density at radius 1 is 1.47 bits per heavy atom. The van der Waals surface area contributed by atoms with E-state index in [9.17, 15) is 4.79 Å². The third kappa shape index (κ3) is 3.22. The molecule has 1 fully saturated rings. The van der Waals surface area contributed by atoms with Gasteiger partial charge in [-0.05, 0) is 6.42 Å². The summed E-state index contributed by atoms with van der Waals surface area (Å²) < 4.78 is 0.357. The molecule has 17 heavy (non-hydrogen) atoms. The Morgan fingerprint density at radius 3 is 2.88 bits per heavy atom. The number of rotatable bonds is 2. The maximum atomic E-state index is 11.2. The van der Waals surface area contributed by atoms with Crippen LogP contribution in [0.3, 0.4) is 0 Å². The second-order valence-corrected chi connectivity index (χ2v) is 7.56. The Morgan fingerprint density at radius 2 is 2.24 bits per heavy atom. The number of nitrogens with zero attached hydrogens (tertiary/aromatic N) is 2. The summed E-state index contributed by atoms with van der Waals surface area (Å²) in [6.07, 6.45) is 1.16. The molecule has 1 aromatic rings. The van der Waals surface area contributed by atoms with Crippen LogP contribution in [-0.2, 0) is 0 Å². The van der Waals surface area contributed by atoms with E-state index in [-0.39, 0.29) is 5.78 Å². The molecule has 0 bridgehead atoms. The Hall–Kier alpha value is -0.550. The number of carbonyl (C=O) groups is 1. The van der Waals surface area contributed by atoms with Gasteiger partial charge in [-0.2, -0.15) is 11.8 Å². The summed E-state index contributed by atoms with van der Waals surface area (Å²) in [4.78, 5) is 17.9. The van der Waals surface area contributed by atoms with E-state index in [1.165, 1.54) is 0 Å². The lowest BCUT2D eigenvalue weighted by molar-refractivity contribution is 0.101. The van der Waals surface area contributed by atoms with Gasteiger partial charge in [0.25, 0.3) is 0 Å². The minimum atomic E-state index is 0.0528. The number of anilines is 1. The van der Waals surface area contributed by atoms with Crippen LogP contribution in [0.4, 0.5) is 5.13 Å². The zero-order valence-electron chi connectivity index (χ0n) is 10.5. The smallest absolute Gasteiger partial charge is 0.185 e. The van der Waals surface area contributed by atoms with Gasteiger partial charge in [-0.3, -0.25) is 4.79 Å². The maximum absolute atomic E-state index is 11.2. The summed E-state index contributed by atoms with van der Waals surface area (Å²) >= 11 is 3.60. The van der Waals surface area contributed by atoms with Gasteiger partial charge < -0.3 is 4.90 Å². The highest BCUT2D eigenvalue weighted by Gasteiger charge is 2.25. The topological polar surface area (TPSA) is 33.2 Å². The van der Waals surface area contributed by atoms with Crippen molar-refractivity contribution >= 4 is 34.0 Å². The van der Waals surface area contributed by atoms with E-state index in [2.05, 4.69) is 23.7 Å². The van der Waals surface area contributed by atoms with Gasteiger partial charge in [0.15, 0.2) is 10.9 Å². The van der Waals surface area contributed by atoms with Crippen molar-refractivity contribution in [3.63, 3.8) is 0 Å². The molecule has 1 aromatic heterocycles. The van der Waals surface area contributed by atoms with Crippen molar-refractivity contribution in [3.8, 4) is 0 Å². The number of thiazole rings is 1. The van der Waals surface area contributed by atoms with E-state index >= 15 is 0 Å². The molecule has 2 rings (SSSR count). The predicted octanol–water partition coefficient (Wildman–Crippen LogP) is 3.07. The lowest BCUT2D eigenvalue weighted by Crippen LogP contribution is -2.26. The van der Waals surface area contributed by atoms with E-state index in [0.29, 0.717) is 10.4 Å². The molecule has 0 amide bonds. The molecule has 0 N–H and O–H groups in total. The van der Waals surface area contributed by atoms with Crippen molar-refractivity contribution in [2.24, 2.45) is 0 Å². The first-order valence-corrected chi connectivity index (χ1v) is 7.70. The average Bonchev–Trinajstić information content (AvgIpc) is 2.65. The maximum Gasteiger partial charge on any atom is 0.185 e. The highest BCUT2D eigenvalue weighted by atomic mass is 32.2. The van der Waals surface area contributed by atoms with Crippen molar-refractivity contribution in [1.29, 1.82) is 0 Å². The fraction of sp³-hybridized carbons (Fsp3) is 0.667. The van der Waals surface area contributed by atoms with Crippen LogP contribution in [0, 0.1) is 0 Å². The van der Waals surface area contributed by atoms with Crippen molar-refractivity contribution < 1.29 is 4.79 Å². The number of thioether (sulfide) groups is 1. The number of Topliss-reactive ketones (excluding diaryl/α,β-unsaturated/α-hetero) is 1. The fourth-order valence-corrected chi connectivity index (χ4v) is 3.80. The van der Waals surface area contributed by atoms with E-state index in [0.717, 1.165) is 30.4 Å². The Balaban J connectivity index is 2.09. The van der Waals surface area contributed by atoms with Crippen LogP contribution >= 0.6 is 23.1 Å². The molecule has 1 aliphatic heterocycles. The van der Waals surface area contributed by atoms with E-state index in [1.807, 2.05) is 17.1 Å². The molecule has 0 aromatic carbocycles. The van der Waals surface area contributed by atoms with Crippen LogP contribution in [0.2, 0.25) is 0 Å². The Labute approximate surface area is 111 Å². The van der Waals surface area contributed by atoms with Gasteiger partial charge in [0, 0.05) is 35.9 Å². The highest BCUT2D eigenvalue weighted by Crippen LogP contribution is 2.33. The molecule has 1 saturated heterocycles. The number of hydrogen-bond acceptors (Lipinski definition) is 5. The molecule has 0 radical (unpaired) electrons. The second kappa shape index (κ2) is 4.98. The number of carbonyl (C=O) groups excluding carboxylic acids is 1. The quantitative estimate of drug-likeness (QED) is 0.773. The monoisotopic (exact) mass is 270 g/mol. The van der Waals surface area contributed by atoms with Gasteiger partial charge in [-0.25, -0.2) is 4.98 Å². The summed E-state index contributed by atoms with van der Waals surface area (Å²) in [6, 6.07) is 0. The lowest BCUT2D eigenvalue weighted by Gasteiger charge is -2.22. The molecule has 0 aliphatic carbocycles. The molecule has 2 heterocycles. The minimum Gasteiger partial charge on any atom is -0.347 e. The van der Waals surface area contributed by atoms with Crippen LogP contribution in [0.25, 0.3) is 0 Å². The molecular weight excluding hydrogens is 252 g/mol. The van der Waals surface area contributed by atoms with Crippen LogP contribution < -0.4 is 4.90 Å². The second-order valence-electron chi connectivity index (χ2n) is 4.92. The van der Waals surface area contributed by atoms with Gasteiger partial charge in [0.1, 0.15) is 5.69 Å².